The Bertz CT molecular complexity index is 658. The fourth-order valence-electron chi connectivity index (χ4n) is 3.05. The maximum atomic E-state index is 13.5. The molecular weight excluding hydrogens is 305 g/mol. The van der Waals surface area contributed by atoms with Gasteiger partial charge < -0.3 is 11.1 Å². The average molecular weight is 329 g/mol. The predicted molar refractivity (Wildman–Crippen MR) is 93.3 cm³/mol. The van der Waals surface area contributed by atoms with Gasteiger partial charge in [0.1, 0.15) is 0 Å². The van der Waals surface area contributed by atoms with E-state index in [2.05, 4.69) is 44.5 Å². The molecule has 0 saturated heterocycles. The van der Waals surface area contributed by atoms with E-state index in [1.54, 1.807) is 0 Å². The molecule has 1 aromatic heterocycles. The van der Waals surface area contributed by atoms with E-state index >= 15 is 0 Å². The van der Waals surface area contributed by atoms with Crippen molar-refractivity contribution in [3.8, 4) is 0 Å². The van der Waals surface area contributed by atoms with Gasteiger partial charge in [-0.3, -0.25) is 0 Å². The zero-order valence-corrected chi connectivity index (χ0v) is 14.0. The second-order valence-corrected chi connectivity index (χ2v) is 6.46. The number of alkyl halides is 1. The van der Waals surface area contributed by atoms with E-state index in [1.807, 2.05) is 6.07 Å². The molecule has 6 heteroatoms. The average Bonchev–Trinajstić information content (AvgIpc) is 2.51. The number of benzene rings is 1. The summed E-state index contributed by atoms with van der Waals surface area (Å²) in [7, 11) is 0. The molecule has 24 heavy (non-hydrogen) atoms. The van der Waals surface area contributed by atoms with Gasteiger partial charge in [-0.05, 0) is 44.1 Å². The number of hydrogen-bond donors (Lipinski definition) is 2. The molecule has 0 spiro atoms. The lowest BCUT2D eigenvalue weighted by Crippen LogP contribution is -2.35. The summed E-state index contributed by atoms with van der Waals surface area (Å²) < 4.78 is 13.5. The fraction of sp³-hybridized carbons (Fsp3) is 0.500. The van der Waals surface area contributed by atoms with Crippen molar-refractivity contribution in [1.29, 1.82) is 0 Å². The van der Waals surface area contributed by atoms with Gasteiger partial charge in [0.05, 0.1) is 0 Å². The molecule has 0 amide bonds. The first-order chi connectivity index (χ1) is 11.6. The Balaban J connectivity index is 1.70. The molecule has 0 unspecified atom stereocenters. The molecule has 0 aliphatic heterocycles. The number of aromatic nitrogens is 3. The van der Waals surface area contributed by atoms with Crippen molar-refractivity contribution in [2.45, 2.75) is 51.2 Å². The van der Waals surface area contributed by atoms with E-state index in [9.17, 15) is 4.39 Å². The number of anilines is 2. The second kappa shape index (κ2) is 7.55. The van der Waals surface area contributed by atoms with Gasteiger partial charge in [-0.15, -0.1) is 0 Å². The van der Waals surface area contributed by atoms with Crippen LogP contribution in [0.25, 0.3) is 0 Å². The minimum absolute atomic E-state index is 0.0578. The lowest BCUT2D eigenvalue weighted by atomic mass is 9.78. The first kappa shape index (κ1) is 16.6. The van der Waals surface area contributed by atoms with Crippen molar-refractivity contribution >= 4 is 11.9 Å². The minimum Gasteiger partial charge on any atom is -0.368 e. The zero-order valence-electron chi connectivity index (χ0n) is 14.0. The number of rotatable bonds is 7. The molecule has 1 fully saturated rings. The van der Waals surface area contributed by atoms with Crippen molar-refractivity contribution in [3.05, 3.63) is 41.7 Å². The number of hydrogen-bond acceptors (Lipinski definition) is 5. The number of aryl methyl sites for hydroxylation is 1. The first-order valence-electron chi connectivity index (χ1n) is 8.58. The van der Waals surface area contributed by atoms with Gasteiger partial charge in [0, 0.05) is 6.04 Å². The van der Waals surface area contributed by atoms with Gasteiger partial charge >= 0.3 is 0 Å². The van der Waals surface area contributed by atoms with E-state index in [1.165, 1.54) is 31.7 Å². The lowest BCUT2D eigenvalue weighted by Gasteiger charge is -2.34. The van der Waals surface area contributed by atoms with Crippen LogP contribution in [0.3, 0.4) is 0 Å². The van der Waals surface area contributed by atoms with E-state index in [0.29, 0.717) is 11.9 Å². The normalized spacial score (nSPS) is 17.1. The molecule has 3 rings (SSSR count). The highest BCUT2D eigenvalue weighted by molar-refractivity contribution is 5.33. The van der Waals surface area contributed by atoms with Gasteiger partial charge in [-0.25, -0.2) is 4.39 Å². The monoisotopic (exact) mass is 329 g/mol. The molecule has 0 bridgehead atoms. The second-order valence-electron chi connectivity index (χ2n) is 6.46. The molecule has 3 N–H and O–H groups in total. The molecule has 2 atom stereocenters. The maximum Gasteiger partial charge on any atom is 0.228 e. The first-order valence-corrected chi connectivity index (χ1v) is 8.58. The summed E-state index contributed by atoms with van der Waals surface area (Å²) in [6.07, 6.45) is 4.39. The Kier molecular flexibility index (Phi) is 5.23. The van der Waals surface area contributed by atoms with Crippen LogP contribution in [0.1, 0.15) is 50.2 Å². The standard InChI is InChI=1S/C18H24FN5/c1-12(19)16-22-17(20)24-18(23-16)21-15(14-8-5-9-14)11-10-13-6-3-2-4-7-13/h2-4,6-7,12,14-15H,5,8-11H2,1H3,(H3,20,21,22,23,24)/t12-,15+/m0/s1. The number of nitrogen functional groups attached to an aromatic ring is 1. The van der Waals surface area contributed by atoms with Crippen molar-refractivity contribution in [3.63, 3.8) is 0 Å². The number of halogens is 1. The van der Waals surface area contributed by atoms with Crippen molar-refractivity contribution < 1.29 is 4.39 Å². The van der Waals surface area contributed by atoms with Crippen LogP contribution in [0.15, 0.2) is 30.3 Å². The van der Waals surface area contributed by atoms with Crippen LogP contribution in [0.2, 0.25) is 0 Å². The molecule has 0 radical (unpaired) electrons. The molecular formula is C18H24FN5. The maximum absolute atomic E-state index is 13.5. The highest BCUT2D eigenvalue weighted by Gasteiger charge is 2.28. The van der Waals surface area contributed by atoms with Crippen molar-refractivity contribution in [1.82, 2.24) is 15.0 Å². The smallest absolute Gasteiger partial charge is 0.228 e. The van der Waals surface area contributed by atoms with Crippen molar-refractivity contribution in [2.75, 3.05) is 11.1 Å². The number of nitrogens with one attached hydrogen (secondary N) is 1. The quantitative estimate of drug-likeness (QED) is 0.810. The van der Waals surface area contributed by atoms with Crippen molar-refractivity contribution in [2.24, 2.45) is 5.92 Å². The van der Waals surface area contributed by atoms with Crippen LogP contribution in [-0.4, -0.2) is 21.0 Å². The summed E-state index contributed by atoms with van der Waals surface area (Å²) >= 11 is 0. The largest absolute Gasteiger partial charge is 0.368 e. The Labute approximate surface area is 141 Å². The summed E-state index contributed by atoms with van der Waals surface area (Å²) in [5.41, 5.74) is 7.01. The third-order valence-corrected chi connectivity index (χ3v) is 4.65. The fourth-order valence-corrected chi connectivity index (χ4v) is 3.05. The topological polar surface area (TPSA) is 76.7 Å². The van der Waals surface area contributed by atoms with Crippen LogP contribution in [-0.2, 0) is 6.42 Å². The Hall–Kier alpha value is -2.24. The van der Waals surface area contributed by atoms with Gasteiger partial charge in [-0.1, -0.05) is 36.8 Å². The Morgan fingerprint density at radius 3 is 2.58 bits per heavy atom. The SMILES string of the molecule is C[C@H](F)c1nc(N)nc(N[C@H](CCc2ccccc2)C2CCC2)n1. The molecule has 1 heterocycles. The zero-order chi connectivity index (χ0) is 16.9. The highest BCUT2D eigenvalue weighted by Crippen LogP contribution is 2.33. The predicted octanol–water partition coefficient (Wildman–Crippen LogP) is 3.70. The lowest BCUT2D eigenvalue weighted by molar-refractivity contribution is 0.265. The van der Waals surface area contributed by atoms with Gasteiger partial charge in [-0.2, -0.15) is 15.0 Å². The molecule has 128 valence electrons. The molecule has 2 aromatic rings. The van der Waals surface area contributed by atoms with E-state index in [4.69, 9.17) is 5.73 Å². The highest BCUT2D eigenvalue weighted by atomic mass is 19.1. The number of nitrogens with two attached hydrogens (primary N) is 1. The molecule has 1 aromatic carbocycles. The van der Waals surface area contributed by atoms with E-state index in [-0.39, 0.29) is 17.8 Å². The van der Waals surface area contributed by atoms with Crippen LogP contribution >= 0.6 is 0 Å². The van der Waals surface area contributed by atoms with E-state index < -0.39 is 6.17 Å². The molecule has 1 saturated carbocycles. The Morgan fingerprint density at radius 2 is 1.96 bits per heavy atom. The summed E-state index contributed by atoms with van der Waals surface area (Å²) in [4.78, 5) is 12.2. The van der Waals surface area contributed by atoms with Gasteiger partial charge in [0.25, 0.3) is 0 Å². The van der Waals surface area contributed by atoms with Gasteiger partial charge in [0.15, 0.2) is 12.0 Å². The van der Waals surface area contributed by atoms with Crippen LogP contribution in [0.5, 0.6) is 0 Å². The van der Waals surface area contributed by atoms with Crippen LogP contribution in [0.4, 0.5) is 16.3 Å². The summed E-state index contributed by atoms with van der Waals surface area (Å²) in [6, 6.07) is 10.7. The van der Waals surface area contributed by atoms with E-state index in [0.717, 1.165) is 12.8 Å². The summed E-state index contributed by atoms with van der Waals surface area (Å²) in [5.74, 6) is 1.13. The third-order valence-electron chi connectivity index (χ3n) is 4.65. The third kappa shape index (κ3) is 4.19. The summed E-state index contributed by atoms with van der Waals surface area (Å²) in [6.45, 7) is 1.40. The summed E-state index contributed by atoms with van der Waals surface area (Å²) in [5, 5.41) is 3.38. The molecule has 1 aliphatic rings. The van der Waals surface area contributed by atoms with Gasteiger partial charge in [0.2, 0.25) is 11.9 Å². The van der Waals surface area contributed by atoms with Crippen LogP contribution < -0.4 is 11.1 Å². The van der Waals surface area contributed by atoms with Crippen LogP contribution in [0, 0.1) is 5.92 Å². The minimum atomic E-state index is -1.26. The molecule has 5 nitrogen and oxygen atoms in total. The number of nitrogens with zero attached hydrogens (tertiary/aromatic N) is 3. The molecule has 1 aliphatic carbocycles. The Morgan fingerprint density at radius 1 is 1.21 bits per heavy atom.